The minimum absolute atomic E-state index is 0.242. The zero-order valence-corrected chi connectivity index (χ0v) is 11.7. The highest BCUT2D eigenvalue weighted by atomic mass is 16.1. The van der Waals surface area contributed by atoms with Gasteiger partial charge in [0, 0.05) is 45.2 Å². The predicted molar refractivity (Wildman–Crippen MR) is 79.1 cm³/mol. The summed E-state index contributed by atoms with van der Waals surface area (Å²) >= 11 is 0. The first-order valence-corrected chi connectivity index (χ1v) is 7.35. The molecular weight excluding hydrogens is 250 g/mol. The lowest BCUT2D eigenvalue weighted by Gasteiger charge is -2.49. The predicted octanol–water partition coefficient (Wildman–Crippen LogP) is 0.668. The third kappa shape index (κ3) is 2.32. The van der Waals surface area contributed by atoms with Crippen LogP contribution in [0.5, 0.6) is 0 Å². The summed E-state index contributed by atoms with van der Waals surface area (Å²) in [4.78, 5) is 13.2. The van der Waals surface area contributed by atoms with Gasteiger partial charge in [0.1, 0.15) is 11.6 Å². The van der Waals surface area contributed by atoms with Crippen LogP contribution in [-0.4, -0.2) is 43.6 Å². The third-order valence-corrected chi connectivity index (χ3v) is 4.41. The number of hydrogen-bond donors (Lipinski definition) is 2. The van der Waals surface area contributed by atoms with Gasteiger partial charge in [-0.1, -0.05) is 24.3 Å². The fourth-order valence-electron chi connectivity index (χ4n) is 3.47. The Labute approximate surface area is 119 Å². The molecule has 0 aromatic heterocycles. The van der Waals surface area contributed by atoms with Crippen LogP contribution in [0.15, 0.2) is 30.3 Å². The molecule has 1 saturated heterocycles. The normalized spacial score (nSPS) is 26.6. The largest absolute Gasteiger partial charge is 0.314 e. The SMILES string of the molecule is O=C=CCC1(N2CCNCC2)NCCc2ccccc21. The molecule has 20 heavy (non-hydrogen) atoms. The maximum Gasteiger partial charge on any atom is 0.120 e. The molecule has 1 aromatic carbocycles. The number of carbonyl (C=O) groups excluding carboxylic acids is 1. The van der Waals surface area contributed by atoms with Gasteiger partial charge in [-0.05, 0) is 17.5 Å². The van der Waals surface area contributed by atoms with Crippen LogP contribution in [0.2, 0.25) is 0 Å². The third-order valence-electron chi connectivity index (χ3n) is 4.41. The van der Waals surface area contributed by atoms with Crippen molar-refractivity contribution in [1.29, 1.82) is 0 Å². The molecule has 3 rings (SSSR count). The summed E-state index contributed by atoms with van der Waals surface area (Å²) in [6.45, 7) is 4.93. The van der Waals surface area contributed by atoms with E-state index in [-0.39, 0.29) is 5.66 Å². The number of rotatable bonds is 3. The Morgan fingerprint density at radius 3 is 2.85 bits per heavy atom. The molecule has 2 N–H and O–H groups in total. The summed E-state index contributed by atoms with van der Waals surface area (Å²) in [6.07, 6.45) is 3.35. The van der Waals surface area contributed by atoms with Crippen LogP contribution in [0.3, 0.4) is 0 Å². The second kappa shape index (κ2) is 5.90. The monoisotopic (exact) mass is 271 g/mol. The zero-order valence-electron chi connectivity index (χ0n) is 11.7. The van der Waals surface area contributed by atoms with Gasteiger partial charge in [0.05, 0.1) is 0 Å². The van der Waals surface area contributed by atoms with Gasteiger partial charge < -0.3 is 5.32 Å². The van der Waals surface area contributed by atoms with Gasteiger partial charge in [0.25, 0.3) is 0 Å². The molecule has 0 radical (unpaired) electrons. The van der Waals surface area contributed by atoms with E-state index in [2.05, 4.69) is 39.8 Å². The number of benzene rings is 1. The maximum atomic E-state index is 10.7. The standard InChI is InChI=1S/C16H21N3O/c20-13-3-7-16(19-11-9-17-10-12-19)15-5-2-1-4-14(15)6-8-18-16/h1-5,17-18H,6-12H2. The molecule has 0 spiro atoms. The Balaban J connectivity index is 2.03. The fraction of sp³-hybridized carbons (Fsp3) is 0.500. The quantitative estimate of drug-likeness (QED) is 0.793. The Morgan fingerprint density at radius 2 is 2.05 bits per heavy atom. The van der Waals surface area contributed by atoms with E-state index in [9.17, 15) is 4.79 Å². The molecule has 1 unspecified atom stereocenters. The molecule has 0 amide bonds. The van der Waals surface area contributed by atoms with Crippen molar-refractivity contribution in [2.75, 3.05) is 32.7 Å². The van der Waals surface area contributed by atoms with Gasteiger partial charge in [0.15, 0.2) is 0 Å². The zero-order chi connectivity index (χ0) is 13.8. The van der Waals surface area contributed by atoms with Crippen LogP contribution in [0.1, 0.15) is 17.5 Å². The topological polar surface area (TPSA) is 44.4 Å². The number of nitrogens with one attached hydrogen (secondary N) is 2. The molecule has 2 heterocycles. The Bertz CT molecular complexity index is 518. The molecule has 2 aliphatic rings. The number of fused-ring (bicyclic) bond motifs is 1. The lowest BCUT2D eigenvalue weighted by atomic mass is 9.85. The van der Waals surface area contributed by atoms with E-state index in [1.54, 1.807) is 6.08 Å². The summed E-state index contributed by atoms with van der Waals surface area (Å²) < 4.78 is 0. The molecule has 1 atom stereocenters. The molecule has 2 aliphatic heterocycles. The lowest BCUT2D eigenvalue weighted by molar-refractivity contribution is 0.0356. The van der Waals surface area contributed by atoms with E-state index in [1.807, 2.05) is 5.94 Å². The van der Waals surface area contributed by atoms with Crippen molar-refractivity contribution >= 4 is 5.94 Å². The fourth-order valence-corrected chi connectivity index (χ4v) is 3.47. The first-order chi connectivity index (χ1) is 9.87. The van der Waals surface area contributed by atoms with Crippen LogP contribution in [0, 0.1) is 0 Å². The highest BCUT2D eigenvalue weighted by molar-refractivity contribution is 5.46. The Kier molecular flexibility index (Phi) is 3.99. The van der Waals surface area contributed by atoms with Crippen molar-refractivity contribution in [3.63, 3.8) is 0 Å². The maximum absolute atomic E-state index is 10.7. The highest BCUT2D eigenvalue weighted by Crippen LogP contribution is 2.35. The summed E-state index contributed by atoms with van der Waals surface area (Å²) in [6, 6.07) is 8.59. The molecule has 0 aliphatic carbocycles. The van der Waals surface area contributed by atoms with Crippen molar-refractivity contribution in [2.45, 2.75) is 18.5 Å². The van der Waals surface area contributed by atoms with Gasteiger partial charge in [-0.2, -0.15) is 0 Å². The summed E-state index contributed by atoms with van der Waals surface area (Å²) in [5, 5.41) is 7.08. The average Bonchev–Trinajstić information content (AvgIpc) is 2.54. The van der Waals surface area contributed by atoms with Crippen LogP contribution >= 0.6 is 0 Å². The van der Waals surface area contributed by atoms with Gasteiger partial charge in [-0.25, -0.2) is 4.79 Å². The summed E-state index contributed by atoms with van der Waals surface area (Å²) in [5.41, 5.74) is 2.47. The second-order valence-corrected chi connectivity index (χ2v) is 5.46. The van der Waals surface area contributed by atoms with Gasteiger partial charge in [0.2, 0.25) is 0 Å². The molecule has 4 nitrogen and oxygen atoms in total. The molecule has 0 saturated carbocycles. The van der Waals surface area contributed by atoms with Crippen LogP contribution in [0.25, 0.3) is 0 Å². The summed E-state index contributed by atoms with van der Waals surface area (Å²) in [5.74, 6) is 1.95. The first-order valence-electron chi connectivity index (χ1n) is 7.35. The molecular formula is C16H21N3O. The number of piperazine rings is 1. The minimum atomic E-state index is -0.242. The number of hydrogen-bond acceptors (Lipinski definition) is 4. The van der Waals surface area contributed by atoms with Crippen molar-refractivity contribution < 1.29 is 4.79 Å². The molecule has 4 heteroatoms. The van der Waals surface area contributed by atoms with Gasteiger partial charge >= 0.3 is 0 Å². The average molecular weight is 271 g/mol. The Morgan fingerprint density at radius 1 is 1.25 bits per heavy atom. The van der Waals surface area contributed by atoms with E-state index in [4.69, 9.17) is 0 Å². The van der Waals surface area contributed by atoms with Gasteiger partial charge in [-0.3, -0.25) is 10.2 Å². The van der Waals surface area contributed by atoms with Gasteiger partial charge in [-0.15, -0.1) is 0 Å². The smallest absolute Gasteiger partial charge is 0.120 e. The lowest BCUT2D eigenvalue weighted by Crippen LogP contribution is -2.63. The molecule has 0 bridgehead atoms. The minimum Gasteiger partial charge on any atom is -0.314 e. The van der Waals surface area contributed by atoms with Crippen molar-refractivity contribution in [3.8, 4) is 0 Å². The van der Waals surface area contributed by atoms with E-state index in [0.717, 1.165) is 39.1 Å². The van der Waals surface area contributed by atoms with Crippen molar-refractivity contribution in [3.05, 3.63) is 41.5 Å². The molecule has 106 valence electrons. The van der Waals surface area contributed by atoms with Crippen LogP contribution < -0.4 is 10.6 Å². The molecule has 1 fully saturated rings. The highest BCUT2D eigenvalue weighted by Gasteiger charge is 2.41. The van der Waals surface area contributed by atoms with E-state index < -0.39 is 0 Å². The summed E-state index contributed by atoms with van der Waals surface area (Å²) in [7, 11) is 0. The van der Waals surface area contributed by atoms with Crippen molar-refractivity contribution in [1.82, 2.24) is 15.5 Å². The van der Waals surface area contributed by atoms with Crippen molar-refractivity contribution in [2.24, 2.45) is 0 Å². The van der Waals surface area contributed by atoms with E-state index in [0.29, 0.717) is 6.42 Å². The van der Waals surface area contributed by atoms with E-state index >= 15 is 0 Å². The first kappa shape index (κ1) is 13.5. The number of nitrogens with zero attached hydrogens (tertiary/aromatic N) is 1. The van der Waals surface area contributed by atoms with E-state index in [1.165, 1.54) is 11.1 Å². The van der Waals surface area contributed by atoms with Crippen LogP contribution in [0.4, 0.5) is 0 Å². The van der Waals surface area contributed by atoms with Crippen LogP contribution in [-0.2, 0) is 16.9 Å². The Hall–Kier alpha value is -1.45. The second-order valence-electron chi connectivity index (χ2n) is 5.46. The molecule has 1 aromatic rings.